The fraction of sp³-hybridized carbons (Fsp3) is 0.200. The molecule has 2 unspecified atom stereocenters. The number of nitrogens with zero attached hydrogens (tertiary/aromatic N) is 1. The van der Waals surface area contributed by atoms with Crippen LogP contribution in [0.1, 0.15) is 35.8 Å². The molecule has 5 nitrogen and oxygen atoms in total. The van der Waals surface area contributed by atoms with Gasteiger partial charge in [0, 0.05) is 18.3 Å². The van der Waals surface area contributed by atoms with Crippen LogP contribution in [0, 0.1) is 0 Å². The third-order valence-corrected chi connectivity index (χ3v) is 5.00. The maximum Gasteiger partial charge on any atom is 0.263 e. The van der Waals surface area contributed by atoms with Crippen LogP contribution in [-0.2, 0) is 4.79 Å². The first-order valence-electron chi connectivity index (χ1n) is 9.90. The van der Waals surface area contributed by atoms with Crippen molar-refractivity contribution in [3.8, 4) is 5.75 Å². The number of hydrogen-bond acceptors (Lipinski definition) is 3. The van der Waals surface area contributed by atoms with Crippen molar-refractivity contribution in [2.24, 2.45) is 0 Å². The minimum absolute atomic E-state index is 0.120. The highest BCUT2D eigenvalue weighted by Crippen LogP contribution is 2.23. The highest BCUT2D eigenvalue weighted by Gasteiger charge is 2.24. The number of likely N-dealkylation sites (N-methyl/N-ethyl adjacent to an activating group) is 1. The lowest BCUT2D eigenvalue weighted by molar-refractivity contribution is -0.138. The molecule has 3 aromatic carbocycles. The molecule has 2 atom stereocenters. The summed E-state index contributed by atoms with van der Waals surface area (Å²) >= 11 is 0. The van der Waals surface area contributed by atoms with E-state index in [2.05, 4.69) is 5.32 Å². The second kappa shape index (κ2) is 9.74. The van der Waals surface area contributed by atoms with Gasteiger partial charge in [0.05, 0.1) is 6.04 Å². The topological polar surface area (TPSA) is 58.6 Å². The molecule has 0 aliphatic rings. The first-order valence-corrected chi connectivity index (χ1v) is 9.90. The van der Waals surface area contributed by atoms with Gasteiger partial charge in [0.15, 0.2) is 6.10 Å². The van der Waals surface area contributed by atoms with Crippen molar-refractivity contribution in [3.05, 3.63) is 96.1 Å². The van der Waals surface area contributed by atoms with Crippen molar-refractivity contribution in [1.29, 1.82) is 0 Å². The van der Waals surface area contributed by atoms with Gasteiger partial charge in [-0.05, 0) is 55.8 Å². The van der Waals surface area contributed by atoms with Gasteiger partial charge in [-0.15, -0.1) is 0 Å². The molecule has 0 radical (unpaired) electrons. The van der Waals surface area contributed by atoms with Crippen LogP contribution in [-0.4, -0.2) is 29.9 Å². The largest absolute Gasteiger partial charge is 0.481 e. The fourth-order valence-corrected chi connectivity index (χ4v) is 3.12. The molecule has 30 heavy (non-hydrogen) atoms. The predicted octanol–water partition coefficient (Wildman–Crippen LogP) is 4.93. The summed E-state index contributed by atoms with van der Waals surface area (Å²) in [6.45, 7) is 3.69. The van der Waals surface area contributed by atoms with Crippen LogP contribution in [0.5, 0.6) is 5.75 Å². The number of rotatable bonds is 7. The number of anilines is 1. The molecule has 3 aromatic rings. The van der Waals surface area contributed by atoms with Crippen LogP contribution < -0.4 is 10.1 Å². The van der Waals surface area contributed by atoms with Gasteiger partial charge in [-0.25, -0.2) is 0 Å². The van der Waals surface area contributed by atoms with Crippen molar-refractivity contribution >= 4 is 17.5 Å². The molecule has 0 spiro atoms. The van der Waals surface area contributed by atoms with Gasteiger partial charge in [0.25, 0.3) is 11.8 Å². The molecule has 0 aliphatic carbocycles. The Labute approximate surface area is 177 Å². The van der Waals surface area contributed by atoms with Crippen molar-refractivity contribution in [2.75, 3.05) is 12.4 Å². The zero-order valence-corrected chi connectivity index (χ0v) is 17.4. The Bertz CT molecular complexity index is 990. The highest BCUT2D eigenvalue weighted by atomic mass is 16.5. The first-order chi connectivity index (χ1) is 14.5. The van der Waals surface area contributed by atoms with Gasteiger partial charge in [-0.3, -0.25) is 9.59 Å². The maximum absolute atomic E-state index is 12.8. The fourth-order valence-electron chi connectivity index (χ4n) is 3.12. The van der Waals surface area contributed by atoms with E-state index in [1.54, 1.807) is 31.0 Å². The minimum Gasteiger partial charge on any atom is -0.481 e. The lowest BCUT2D eigenvalue weighted by atomic mass is 10.1. The molecule has 0 heterocycles. The van der Waals surface area contributed by atoms with E-state index in [0.717, 1.165) is 5.56 Å². The lowest BCUT2D eigenvalue weighted by Gasteiger charge is -2.28. The molecule has 0 aromatic heterocycles. The summed E-state index contributed by atoms with van der Waals surface area (Å²) in [5.74, 6) is 0.366. The Morgan fingerprint density at radius 1 is 0.867 bits per heavy atom. The Morgan fingerprint density at radius 2 is 1.50 bits per heavy atom. The number of ether oxygens (including phenoxy) is 1. The minimum atomic E-state index is -0.610. The van der Waals surface area contributed by atoms with E-state index in [-0.39, 0.29) is 17.9 Å². The smallest absolute Gasteiger partial charge is 0.263 e. The molecule has 0 saturated carbocycles. The number of para-hydroxylation sites is 1. The Morgan fingerprint density at radius 3 is 2.17 bits per heavy atom. The molecular formula is C25H26N2O3. The van der Waals surface area contributed by atoms with Crippen LogP contribution in [0.4, 0.5) is 5.69 Å². The Balaban J connectivity index is 1.66. The van der Waals surface area contributed by atoms with E-state index < -0.39 is 6.10 Å². The third kappa shape index (κ3) is 5.26. The van der Waals surface area contributed by atoms with Crippen molar-refractivity contribution in [2.45, 2.75) is 26.0 Å². The van der Waals surface area contributed by atoms with Crippen LogP contribution >= 0.6 is 0 Å². The molecule has 5 heteroatoms. The number of benzene rings is 3. The number of carbonyl (C=O) groups is 2. The monoisotopic (exact) mass is 402 g/mol. The summed E-state index contributed by atoms with van der Waals surface area (Å²) in [5.41, 5.74) is 2.20. The second-order valence-corrected chi connectivity index (χ2v) is 7.14. The van der Waals surface area contributed by atoms with Gasteiger partial charge in [0.2, 0.25) is 0 Å². The molecule has 0 aliphatic heterocycles. The van der Waals surface area contributed by atoms with E-state index >= 15 is 0 Å². The molecule has 1 N–H and O–H groups in total. The number of carbonyl (C=O) groups excluding carboxylic acids is 2. The summed E-state index contributed by atoms with van der Waals surface area (Å²) < 4.78 is 5.76. The third-order valence-electron chi connectivity index (χ3n) is 5.00. The summed E-state index contributed by atoms with van der Waals surface area (Å²) in [6, 6.07) is 25.7. The van der Waals surface area contributed by atoms with Crippen molar-refractivity contribution in [1.82, 2.24) is 4.90 Å². The van der Waals surface area contributed by atoms with Crippen LogP contribution in [0.25, 0.3) is 0 Å². The number of hydrogen-bond donors (Lipinski definition) is 1. The van der Waals surface area contributed by atoms with E-state index in [9.17, 15) is 9.59 Å². The van der Waals surface area contributed by atoms with Gasteiger partial charge >= 0.3 is 0 Å². The summed E-state index contributed by atoms with van der Waals surface area (Å²) in [4.78, 5) is 26.9. The van der Waals surface area contributed by atoms with Gasteiger partial charge in [-0.1, -0.05) is 48.5 Å². The van der Waals surface area contributed by atoms with Crippen LogP contribution in [0.3, 0.4) is 0 Å². The van der Waals surface area contributed by atoms with E-state index in [4.69, 9.17) is 4.74 Å². The van der Waals surface area contributed by atoms with Crippen molar-refractivity contribution in [3.63, 3.8) is 0 Å². The SMILES string of the molecule is CC(Oc1ccccc1)C(=O)N(C)C(C)c1cccc(NC(=O)c2ccccc2)c1. The predicted molar refractivity (Wildman–Crippen MR) is 119 cm³/mol. The number of amides is 2. The number of nitrogens with one attached hydrogen (secondary N) is 1. The molecule has 3 rings (SSSR count). The quantitative estimate of drug-likeness (QED) is 0.610. The average Bonchev–Trinajstić information content (AvgIpc) is 2.79. The molecule has 0 fully saturated rings. The standard InChI is InChI=1S/C25H26N2O3/c1-18(27(3)25(29)19(2)30-23-15-8-5-9-16-23)21-13-10-14-22(17-21)26-24(28)20-11-6-4-7-12-20/h4-19H,1-3H3,(H,26,28). The molecule has 0 saturated heterocycles. The van der Waals surface area contributed by atoms with Gasteiger partial charge < -0.3 is 15.0 Å². The normalized spacial score (nSPS) is 12.5. The maximum atomic E-state index is 12.8. The molecule has 154 valence electrons. The van der Waals surface area contributed by atoms with E-state index in [1.165, 1.54) is 0 Å². The van der Waals surface area contributed by atoms with Gasteiger partial charge in [-0.2, -0.15) is 0 Å². The van der Waals surface area contributed by atoms with E-state index in [0.29, 0.717) is 17.0 Å². The zero-order chi connectivity index (χ0) is 21.5. The summed E-state index contributed by atoms with van der Waals surface area (Å²) in [6.07, 6.45) is -0.610. The first kappa shape index (κ1) is 21.1. The molecule has 0 bridgehead atoms. The lowest BCUT2D eigenvalue weighted by Crippen LogP contribution is -2.39. The van der Waals surface area contributed by atoms with Crippen molar-refractivity contribution < 1.29 is 14.3 Å². The Hall–Kier alpha value is -3.60. The average molecular weight is 402 g/mol. The second-order valence-electron chi connectivity index (χ2n) is 7.14. The molecule has 2 amide bonds. The van der Waals surface area contributed by atoms with Crippen LogP contribution in [0.2, 0.25) is 0 Å². The van der Waals surface area contributed by atoms with Gasteiger partial charge in [0.1, 0.15) is 5.75 Å². The highest BCUT2D eigenvalue weighted by molar-refractivity contribution is 6.04. The molecular weight excluding hydrogens is 376 g/mol. The van der Waals surface area contributed by atoms with E-state index in [1.807, 2.05) is 79.7 Å². The Kier molecular flexibility index (Phi) is 6.86. The van der Waals surface area contributed by atoms with Crippen LogP contribution in [0.15, 0.2) is 84.9 Å². The summed E-state index contributed by atoms with van der Waals surface area (Å²) in [7, 11) is 1.76. The summed E-state index contributed by atoms with van der Waals surface area (Å²) in [5, 5.41) is 2.91. The zero-order valence-electron chi connectivity index (χ0n) is 17.4.